The number of hydrogen-bond donors (Lipinski definition) is 0. The zero-order chi connectivity index (χ0) is 24.6. The predicted molar refractivity (Wildman–Crippen MR) is 156 cm³/mol. The van der Waals surface area contributed by atoms with Gasteiger partial charge < -0.3 is 0 Å². The van der Waals surface area contributed by atoms with Crippen molar-refractivity contribution in [2.75, 3.05) is 0 Å². The Bertz CT molecular complexity index is 1860. The third kappa shape index (κ3) is 3.99. The van der Waals surface area contributed by atoms with Crippen LogP contribution in [0.3, 0.4) is 0 Å². The zero-order valence-corrected chi connectivity index (χ0v) is 21.7. The van der Waals surface area contributed by atoms with Gasteiger partial charge in [-0.3, -0.25) is 0 Å². The van der Waals surface area contributed by atoms with E-state index in [0.717, 1.165) is 33.8 Å². The average Bonchev–Trinajstić information content (AvgIpc) is 3.36. The fourth-order valence-electron chi connectivity index (χ4n) is 4.95. The molecule has 2 heterocycles. The number of aromatic nitrogens is 2. The molecule has 37 heavy (non-hydrogen) atoms. The van der Waals surface area contributed by atoms with Crippen molar-refractivity contribution in [3.8, 4) is 44.9 Å². The summed E-state index contributed by atoms with van der Waals surface area (Å²) in [5.74, 6) is 0.744. The van der Waals surface area contributed by atoms with E-state index < -0.39 is 0 Å². The molecule has 0 aliphatic rings. The summed E-state index contributed by atoms with van der Waals surface area (Å²) < 4.78 is 2.88. The topological polar surface area (TPSA) is 25.8 Å². The molecule has 0 N–H and O–H groups in total. The van der Waals surface area contributed by atoms with Crippen molar-refractivity contribution in [3.05, 3.63) is 134 Å². The molecule has 174 valence electrons. The van der Waals surface area contributed by atoms with Crippen LogP contribution < -0.4 is 0 Å². The SMILES string of the molecule is c1ccc(-c2ncc(-c3ccc4c(c3)[se]c3c(-c5ccccc5)cccc34)c(-c3ccccc3)n2)cc1. The molecule has 2 aromatic heterocycles. The second-order valence-corrected chi connectivity index (χ2v) is 11.3. The first-order valence-electron chi connectivity index (χ1n) is 12.3. The van der Waals surface area contributed by atoms with Crippen molar-refractivity contribution >= 4 is 33.8 Å². The molecule has 0 aliphatic carbocycles. The van der Waals surface area contributed by atoms with Gasteiger partial charge >= 0.3 is 222 Å². The molecule has 5 aromatic carbocycles. The molecule has 0 saturated heterocycles. The van der Waals surface area contributed by atoms with Crippen molar-refractivity contribution in [1.29, 1.82) is 0 Å². The van der Waals surface area contributed by atoms with Crippen molar-refractivity contribution < 1.29 is 0 Å². The molecule has 0 saturated carbocycles. The average molecular weight is 538 g/mol. The summed E-state index contributed by atoms with van der Waals surface area (Å²) in [6, 6.07) is 44.9. The van der Waals surface area contributed by atoms with Gasteiger partial charge in [0, 0.05) is 0 Å². The molecule has 7 rings (SSSR count). The first-order chi connectivity index (χ1) is 18.3. The van der Waals surface area contributed by atoms with Crippen LogP contribution in [0.2, 0.25) is 0 Å². The number of nitrogens with zero attached hydrogens (tertiary/aromatic N) is 2. The molecule has 0 amide bonds. The van der Waals surface area contributed by atoms with Crippen LogP contribution in [-0.2, 0) is 0 Å². The maximum absolute atomic E-state index is 5.07. The normalized spacial score (nSPS) is 11.2. The van der Waals surface area contributed by atoms with E-state index in [1.807, 2.05) is 30.5 Å². The van der Waals surface area contributed by atoms with Gasteiger partial charge in [0.1, 0.15) is 0 Å². The molecular formula is C34H22N2Se. The van der Waals surface area contributed by atoms with Crippen LogP contribution in [0.1, 0.15) is 0 Å². The van der Waals surface area contributed by atoms with Gasteiger partial charge in [0.25, 0.3) is 0 Å². The third-order valence-electron chi connectivity index (χ3n) is 6.76. The van der Waals surface area contributed by atoms with Crippen LogP contribution in [0, 0.1) is 0 Å². The van der Waals surface area contributed by atoms with E-state index in [2.05, 4.69) is 103 Å². The number of hydrogen-bond acceptors (Lipinski definition) is 2. The Morgan fingerprint density at radius 1 is 0.486 bits per heavy atom. The Labute approximate surface area is 221 Å². The van der Waals surface area contributed by atoms with Gasteiger partial charge in [-0.05, 0) is 0 Å². The van der Waals surface area contributed by atoms with E-state index in [4.69, 9.17) is 9.97 Å². The molecule has 2 nitrogen and oxygen atoms in total. The second-order valence-electron chi connectivity index (χ2n) is 9.05. The zero-order valence-electron chi connectivity index (χ0n) is 20.0. The van der Waals surface area contributed by atoms with E-state index in [1.54, 1.807) is 0 Å². The van der Waals surface area contributed by atoms with Crippen LogP contribution in [-0.4, -0.2) is 24.5 Å². The minimum absolute atomic E-state index is 0.227. The molecule has 0 atom stereocenters. The molecule has 0 spiro atoms. The number of fused-ring (bicyclic) bond motifs is 3. The Morgan fingerprint density at radius 2 is 1.16 bits per heavy atom. The van der Waals surface area contributed by atoms with Gasteiger partial charge in [0.2, 0.25) is 0 Å². The fourth-order valence-corrected chi connectivity index (χ4v) is 7.63. The minimum atomic E-state index is 0.227. The van der Waals surface area contributed by atoms with Crippen molar-refractivity contribution in [3.63, 3.8) is 0 Å². The van der Waals surface area contributed by atoms with Gasteiger partial charge in [-0.15, -0.1) is 0 Å². The summed E-state index contributed by atoms with van der Waals surface area (Å²) in [5.41, 5.74) is 7.92. The maximum atomic E-state index is 5.07. The van der Waals surface area contributed by atoms with Crippen LogP contribution in [0.4, 0.5) is 0 Å². The second kappa shape index (κ2) is 9.29. The van der Waals surface area contributed by atoms with E-state index in [1.165, 1.54) is 30.4 Å². The number of rotatable bonds is 4. The van der Waals surface area contributed by atoms with Crippen molar-refractivity contribution in [2.45, 2.75) is 0 Å². The number of benzene rings is 5. The van der Waals surface area contributed by atoms with Crippen LogP contribution in [0.5, 0.6) is 0 Å². The Kier molecular flexibility index (Phi) is 5.51. The third-order valence-corrected chi connectivity index (χ3v) is 9.28. The molecular weight excluding hydrogens is 515 g/mol. The predicted octanol–water partition coefficient (Wildman–Crippen LogP) is 8.51. The van der Waals surface area contributed by atoms with Crippen LogP contribution in [0.15, 0.2) is 134 Å². The first-order valence-corrected chi connectivity index (χ1v) is 14.1. The first kappa shape index (κ1) is 21.9. The van der Waals surface area contributed by atoms with Crippen molar-refractivity contribution in [2.24, 2.45) is 0 Å². The summed E-state index contributed by atoms with van der Waals surface area (Å²) in [4.78, 5) is 9.86. The monoisotopic (exact) mass is 538 g/mol. The molecule has 0 aliphatic heterocycles. The van der Waals surface area contributed by atoms with Crippen LogP contribution in [0.25, 0.3) is 64.2 Å². The molecule has 0 unspecified atom stereocenters. The summed E-state index contributed by atoms with van der Waals surface area (Å²) >= 11 is 0.227. The van der Waals surface area contributed by atoms with Gasteiger partial charge in [-0.2, -0.15) is 0 Å². The quantitative estimate of drug-likeness (QED) is 0.210. The van der Waals surface area contributed by atoms with Crippen molar-refractivity contribution in [1.82, 2.24) is 9.97 Å². The summed E-state index contributed by atoms with van der Waals surface area (Å²) in [5, 5.41) is 2.71. The Balaban J connectivity index is 1.41. The molecule has 0 bridgehead atoms. The summed E-state index contributed by atoms with van der Waals surface area (Å²) in [6.07, 6.45) is 1.99. The van der Waals surface area contributed by atoms with E-state index in [-0.39, 0.29) is 14.5 Å². The van der Waals surface area contributed by atoms with Gasteiger partial charge in [-0.25, -0.2) is 0 Å². The van der Waals surface area contributed by atoms with Gasteiger partial charge in [0.15, 0.2) is 0 Å². The van der Waals surface area contributed by atoms with E-state index in [9.17, 15) is 0 Å². The Hall–Kier alpha value is -4.30. The van der Waals surface area contributed by atoms with E-state index >= 15 is 0 Å². The summed E-state index contributed by atoms with van der Waals surface area (Å²) in [6.45, 7) is 0. The molecule has 0 radical (unpaired) electrons. The fraction of sp³-hybridized carbons (Fsp3) is 0. The van der Waals surface area contributed by atoms with Gasteiger partial charge in [0.05, 0.1) is 0 Å². The summed E-state index contributed by atoms with van der Waals surface area (Å²) in [7, 11) is 0. The molecule has 3 heteroatoms. The molecule has 7 aromatic rings. The molecule has 0 fully saturated rings. The van der Waals surface area contributed by atoms with Crippen LogP contribution >= 0.6 is 0 Å². The van der Waals surface area contributed by atoms with E-state index in [0.29, 0.717) is 0 Å². The standard InChI is InChI=1S/C34H22N2Se/c1-4-11-23(12-5-1)27-17-10-18-29-28-20-19-26(21-31(28)37-33(27)29)30-22-35-34(25-15-8-3-9-16-25)36-32(30)24-13-6-2-7-14-24/h1-22H. The Morgan fingerprint density at radius 3 is 1.89 bits per heavy atom. The van der Waals surface area contributed by atoms with Gasteiger partial charge in [-0.1, -0.05) is 0 Å².